The maximum absolute atomic E-state index is 13.9. The molecule has 1 N–H and O–H groups in total. The molecule has 1 atom stereocenters. The monoisotopic (exact) mass is 459 g/mol. The van der Waals surface area contributed by atoms with E-state index >= 15 is 0 Å². The first-order valence-corrected chi connectivity index (χ1v) is 11.4. The summed E-state index contributed by atoms with van der Waals surface area (Å²) in [6, 6.07) is 14.6. The molecule has 1 aliphatic carbocycles. The summed E-state index contributed by atoms with van der Waals surface area (Å²) in [7, 11) is 0. The fourth-order valence-corrected chi connectivity index (χ4v) is 5.12. The average Bonchev–Trinajstić information content (AvgIpc) is 3.19. The fraction of sp³-hybridized carbons (Fsp3) is 0.143. The molecule has 0 saturated carbocycles. The lowest BCUT2D eigenvalue weighted by Crippen LogP contribution is -2.35. The molecule has 6 rings (SSSR count). The van der Waals surface area contributed by atoms with Crippen LogP contribution in [0.25, 0.3) is 22.1 Å². The zero-order valence-corrected chi connectivity index (χ0v) is 19.2. The van der Waals surface area contributed by atoms with Crippen molar-refractivity contribution < 1.29 is 4.79 Å². The van der Waals surface area contributed by atoms with Gasteiger partial charge in [-0.1, -0.05) is 30.2 Å². The smallest absolute Gasteiger partial charge is 0.264 e. The van der Waals surface area contributed by atoms with Crippen LogP contribution in [0.3, 0.4) is 0 Å². The van der Waals surface area contributed by atoms with Gasteiger partial charge in [-0.2, -0.15) is 5.10 Å². The van der Waals surface area contributed by atoms with Gasteiger partial charge in [0.15, 0.2) is 5.65 Å². The molecule has 3 heterocycles. The zero-order chi connectivity index (χ0) is 24.3. The van der Waals surface area contributed by atoms with Crippen LogP contribution >= 0.6 is 0 Å². The maximum atomic E-state index is 13.9. The maximum Gasteiger partial charge on any atom is 0.264 e. The van der Waals surface area contributed by atoms with E-state index in [-0.39, 0.29) is 11.5 Å². The average molecular weight is 460 g/mol. The summed E-state index contributed by atoms with van der Waals surface area (Å²) < 4.78 is 3.28. The second-order valence-corrected chi connectivity index (χ2v) is 8.73. The first kappa shape index (κ1) is 20.9. The highest BCUT2D eigenvalue weighted by Gasteiger charge is 2.31. The minimum atomic E-state index is -0.462. The Labute approximate surface area is 201 Å². The highest BCUT2D eigenvalue weighted by molar-refractivity contribution is 6.02. The van der Waals surface area contributed by atoms with E-state index in [1.54, 1.807) is 34.5 Å². The number of carbonyl (C=O) groups is 1. The second-order valence-electron chi connectivity index (χ2n) is 8.73. The van der Waals surface area contributed by atoms with E-state index in [9.17, 15) is 9.59 Å². The Morgan fingerprint density at radius 2 is 1.94 bits per heavy atom. The number of amides is 1. The van der Waals surface area contributed by atoms with Gasteiger partial charge in [0, 0.05) is 30.1 Å². The summed E-state index contributed by atoms with van der Waals surface area (Å²) in [5, 5.41) is 8.96. The van der Waals surface area contributed by atoms with Gasteiger partial charge in [-0.3, -0.25) is 14.2 Å². The van der Waals surface area contributed by atoms with E-state index in [2.05, 4.69) is 21.3 Å². The normalized spacial score (nSPS) is 12.8. The van der Waals surface area contributed by atoms with Crippen molar-refractivity contribution in [2.75, 3.05) is 0 Å². The van der Waals surface area contributed by atoms with Gasteiger partial charge in [-0.05, 0) is 54.6 Å². The Hall–Kier alpha value is -4.70. The van der Waals surface area contributed by atoms with Crippen LogP contribution in [0.5, 0.6) is 0 Å². The topological polar surface area (TPSA) is 81.3 Å². The molecule has 0 bridgehead atoms. The van der Waals surface area contributed by atoms with Crippen LogP contribution in [0.2, 0.25) is 0 Å². The third-order valence-corrected chi connectivity index (χ3v) is 6.65. The molecule has 0 saturated heterocycles. The van der Waals surface area contributed by atoms with Gasteiger partial charge in [0.1, 0.15) is 5.56 Å². The SMILES string of the molecule is C#Cc1ccc2c3c(c([C@H](C)NC(=O)c4c(C)nn5cccnc45)n(-c4ccccc4)c(=O)c13)C2. The summed E-state index contributed by atoms with van der Waals surface area (Å²) in [4.78, 5) is 31.7. The molecule has 1 aliphatic rings. The molecule has 0 radical (unpaired) electrons. The molecule has 3 aromatic heterocycles. The number of para-hydroxylation sites is 1. The molecular weight excluding hydrogens is 438 g/mol. The van der Waals surface area contributed by atoms with Crippen molar-refractivity contribution in [1.29, 1.82) is 0 Å². The number of benzene rings is 2. The summed E-state index contributed by atoms with van der Waals surface area (Å²) in [6.07, 6.45) is 9.85. The van der Waals surface area contributed by atoms with Gasteiger partial charge in [0.05, 0.1) is 22.8 Å². The van der Waals surface area contributed by atoms with E-state index in [1.165, 1.54) is 0 Å². The van der Waals surface area contributed by atoms with Crippen molar-refractivity contribution in [2.45, 2.75) is 26.3 Å². The lowest BCUT2D eigenvalue weighted by molar-refractivity contribution is 0.0939. The number of aromatic nitrogens is 4. The fourth-order valence-electron chi connectivity index (χ4n) is 5.12. The number of hydrogen-bond acceptors (Lipinski definition) is 4. The van der Waals surface area contributed by atoms with Crippen molar-refractivity contribution in [2.24, 2.45) is 0 Å². The van der Waals surface area contributed by atoms with Gasteiger partial charge in [0.2, 0.25) is 0 Å². The quantitative estimate of drug-likeness (QED) is 0.408. The van der Waals surface area contributed by atoms with Crippen molar-refractivity contribution in [3.63, 3.8) is 0 Å². The molecule has 7 nitrogen and oxygen atoms in total. The van der Waals surface area contributed by atoms with E-state index in [4.69, 9.17) is 6.42 Å². The van der Waals surface area contributed by atoms with Crippen LogP contribution in [0.15, 0.2) is 65.7 Å². The van der Waals surface area contributed by atoms with Gasteiger partial charge >= 0.3 is 0 Å². The molecule has 7 heteroatoms. The Kier molecular flexibility index (Phi) is 4.58. The molecule has 0 spiro atoms. The number of terminal acetylenes is 1. The van der Waals surface area contributed by atoms with Crippen LogP contribution in [0, 0.1) is 19.3 Å². The third-order valence-electron chi connectivity index (χ3n) is 6.65. The predicted octanol–water partition coefficient (Wildman–Crippen LogP) is 3.72. The van der Waals surface area contributed by atoms with E-state index in [0.717, 1.165) is 27.9 Å². The number of aryl methyl sites for hydroxylation is 1. The highest BCUT2D eigenvalue weighted by Crippen LogP contribution is 2.39. The van der Waals surface area contributed by atoms with Crippen molar-refractivity contribution in [1.82, 2.24) is 24.5 Å². The van der Waals surface area contributed by atoms with Crippen molar-refractivity contribution in [3.05, 3.63) is 105 Å². The first-order valence-electron chi connectivity index (χ1n) is 11.4. The van der Waals surface area contributed by atoms with E-state index in [1.807, 2.05) is 49.4 Å². The molecule has 0 unspecified atom stereocenters. The number of nitrogens with zero attached hydrogens (tertiary/aromatic N) is 4. The number of nitrogens with one attached hydrogen (secondary N) is 1. The number of fused-ring (bicyclic) bond motifs is 1. The molecule has 170 valence electrons. The molecule has 1 amide bonds. The predicted molar refractivity (Wildman–Crippen MR) is 134 cm³/mol. The van der Waals surface area contributed by atoms with E-state index < -0.39 is 6.04 Å². The minimum absolute atomic E-state index is 0.186. The summed E-state index contributed by atoms with van der Waals surface area (Å²) in [5.74, 6) is 2.38. The lowest BCUT2D eigenvalue weighted by atomic mass is 9.81. The standard InChI is InChI=1S/C28H21N5O2/c1-4-18-11-12-19-15-21-23(19)24(18)28(35)33(20-9-6-5-7-10-20)25(21)17(3)30-27(34)22-16(2)31-32-14-8-13-29-26(22)32/h1,5-14,17H,15H2,2-3H3,(H,30,34)/t17-/m0/s1. The number of hydrogen-bond donors (Lipinski definition) is 1. The molecule has 0 fully saturated rings. The summed E-state index contributed by atoms with van der Waals surface area (Å²) in [5.41, 5.74) is 5.48. The van der Waals surface area contributed by atoms with Crippen molar-refractivity contribution in [3.8, 4) is 18.0 Å². The molecule has 2 aromatic carbocycles. The molecule has 5 aromatic rings. The summed E-state index contributed by atoms with van der Waals surface area (Å²) in [6.45, 7) is 3.68. The van der Waals surface area contributed by atoms with Crippen LogP contribution in [0.4, 0.5) is 0 Å². The Morgan fingerprint density at radius 1 is 1.14 bits per heavy atom. The Bertz CT molecular complexity index is 1770. The minimum Gasteiger partial charge on any atom is -0.344 e. The molecule has 0 aliphatic heterocycles. The van der Waals surface area contributed by atoms with Gasteiger partial charge in [0.25, 0.3) is 11.5 Å². The molecule has 35 heavy (non-hydrogen) atoms. The van der Waals surface area contributed by atoms with Crippen LogP contribution in [-0.4, -0.2) is 25.1 Å². The number of rotatable bonds is 4. The Balaban J connectivity index is 1.54. The van der Waals surface area contributed by atoms with Gasteiger partial charge in [-0.25, -0.2) is 9.50 Å². The second kappa shape index (κ2) is 7.67. The molecular formula is C28H21N5O2. The first-order chi connectivity index (χ1) is 17.0. The van der Waals surface area contributed by atoms with Crippen LogP contribution < -0.4 is 10.9 Å². The largest absolute Gasteiger partial charge is 0.344 e. The third kappa shape index (κ3) is 3.00. The van der Waals surface area contributed by atoms with Crippen LogP contribution in [-0.2, 0) is 6.42 Å². The number of carbonyl (C=O) groups excluding carboxylic acids is 1. The highest BCUT2D eigenvalue weighted by atomic mass is 16.2. The van der Waals surface area contributed by atoms with E-state index in [0.29, 0.717) is 34.3 Å². The zero-order valence-electron chi connectivity index (χ0n) is 19.2. The van der Waals surface area contributed by atoms with Gasteiger partial charge < -0.3 is 5.32 Å². The summed E-state index contributed by atoms with van der Waals surface area (Å²) >= 11 is 0. The van der Waals surface area contributed by atoms with Gasteiger partial charge in [-0.15, -0.1) is 6.42 Å². The van der Waals surface area contributed by atoms with Crippen LogP contribution in [0.1, 0.15) is 51.4 Å². The van der Waals surface area contributed by atoms with Crippen molar-refractivity contribution >= 4 is 22.3 Å². The Morgan fingerprint density at radius 3 is 2.71 bits per heavy atom. The lowest BCUT2D eigenvalue weighted by Gasteiger charge is -2.30. The number of pyridine rings is 1.